The van der Waals surface area contributed by atoms with Crippen molar-refractivity contribution in [2.75, 3.05) is 26.3 Å². The van der Waals surface area contributed by atoms with Gasteiger partial charge in [-0.05, 0) is 25.5 Å². The third-order valence-electron chi connectivity index (χ3n) is 4.28. The van der Waals surface area contributed by atoms with E-state index in [0.29, 0.717) is 38.0 Å². The minimum atomic E-state index is -0.0231. The van der Waals surface area contributed by atoms with Crippen LogP contribution in [0.3, 0.4) is 0 Å². The maximum Gasteiger partial charge on any atom is 0.246 e. The SMILES string of the molecule is Cc1ccc(Cn2nc(C)c(/C=C/C(=O)N3CCOCC3)c2Cl)cc1. The summed E-state index contributed by atoms with van der Waals surface area (Å²) in [4.78, 5) is 14.0. The Morgan fingerprint density at radius 1 is 1.24 bits per heavy atom. The van der Waals surface area contributed by atoms with Gasteiger partial charge in [-0.25, -0.2) is 4.68 Å². The monoisotopic (exact) mass is 359 g/mol. The van der Waals surface area contributed by atoms with E-state index in [2.05, 4.69) is 36.3 Å². The molecule has 1 saturated heterocycles. The number of halogens is 1. The van der Waals surface area contributed by atoms with Crippen molar-refractivity contribution in [1.82, 2.24) is 14.7 Å². The lowest BCUT2D eigenvalue weighted by atomic mass is 10.1. The van der Waals surface area contributed by atoms with Gasteiger partial charge in [-0.2, -0.15) is 5.10 Å². The number of hydrogen-bond donors (Lipinski definition) is 0. The second kappa shape index (κ2) is 7.85. The third-order valence-corrected chi connectivity index (χ3v) is 4.68. The van der Waals surface area contributed by atoms with Crippen LogP contribution in [0, 0.1) is 13.8 Å². The Balaban J connectivity index is 1.73. The molecule has 5 nitrogen and oxygen atoms in total. The van der Waals surface area contributed by atoms with Gasteiger partial charge in [0, 0.05) is 24.7 Å². The van der Waals surface area contributed by atoms with E-state index < -0.39 is 0 Å². The van der Waals surface area contributed by atoms with E-state index in [-0.39, 0.29) is 5.91 Å². The van der Waals surface area contributed by atoms with Gasteiger partial charge >= 0.3 is 0 Å². The van der Waals surface area contributed by atoms with Crippen LogP contribution in [0.15, 0.2) is 30.3 Å². The summed E-state index contributed by atoms with van der Waals surface area (Å²) in [6.07, 6.45) is 3.32. The Hall–Kier alpha value is -2.11. The zero-order chi connectivity index (χ0) is 17.8. The summed E-state index contributed by atoms with van der Waals surface area (Å²) in [5, 5.41) is 5.05. The van der Waals surface area contributed by atoms with Crippen molar-refractivity contribution in [3.8, 4) is 0 Å². The Morgan fingerprint density at radius 3 is 2.60 bits per heavy atom. The molecule has 0 saturated carbocycles. The average molecular weight is 360 g/mol. The first kappa shape index (κ1) is 17.7. The average Bonchev–Trinajstić information content (AvgIpc) is 2.89. The van der Waals surface area contributed by atoms with Gasteiger partial charge in [0.2, 0.25) is 5.91 Å². The number of ether oxygens (including phenoxy) is 1. The first-order valence-corrected chi connectivity index (χ1v) is 8.75. The summed E-state index contributed by atoms with van der Waals surface area (Å²) in [5.41, 5.74) is 3.95. The Bertz CT molecular complexity index is 775. The molecule has 132 valence electrons. The molecule has 25 heavy (non-hydrogen) atoms. The smallest absolute Gasteiger partial charge is 0.246 e. The summed E-state index contributed by atoms with van der Waals surface area (Å²) in [6, 6.07) is 8.28. The topological polar surface area (TPSA) is 47.4 Å². The fourth-order valence-electron chi connectivity index (χ4n) is 2.77. The van der Waals surface area contributed by atoms with E-state index in [9.17, 15) is 4.79 Å². The fraction of sp³-hybridized carbons (Fsp3) is 0.368. The molecule has 2 heterocycles. The van der Waals surface area contributed by atoms with E-state index in [4.69, 9.17) is 16.3 Å². The van der Waals surface area contributed by atoms with Crippen LogP contribution in [-0.4, -0.2) is 46.9 Å². The Kier molecular flexibility index (Phi) is 5.56. The predicted octanol–water partition coefficient (Wildman–Crippen LogP) is 3.07. The van der Waals surface area contributed by atoms with Crippen LogP contribution in [0.1, 0.15) is 22.4 Å². The number of carbonyl (C=O) groups excluding carboxylic acids is 1. The van der Waals surface area contributed by atoms with E-state index in [1.54, 1.807) is 21.7 Å². The highest BCUT2D eigenvalue weighted by molar-refractivity contribution is 6.31. The number of nitrogens with zero attached hydrogens (tertiary/aromatic N) is 3. The molecule has 1 amide bonds. The van der Waals surface area contributed by atoms with Gasteiger partial charge in [0.15, 0.2) is 0 Å². The highest BCUT2D eigenvalue weighted by Crippen LogP contribution is 2.22. The lowest BCUT2D eigenvalue weighted by Crippen LogP contribution is -2.39. The van der Waals surface area contributed by atoms with Crippen LogP contribution in [0.4, 0.5) is 0 Å². The Labute approximate surface area is 152 Å². The quantitative estimate of drug-likeness (QED) is 0.788. The van der Waals surface area contributed by atoms with Crippen LogP contribution >= 0.6 is 11.6 Å². The minimum Gasteiger partial charge on any atom is -0.378 e. The summed E-state index contributed by atoms with van der Waals surface area (Å²) >= 11 is 6.48. The Morgan fingerprint density at radius 2 is 1.92 bits per heavy atom. The van der Waals surface area contributed by atoms with Crippen molar-refractivity contribution in [1.29, 1.82) is 0 Å². The van der Waals surface area contributed by atoms with Crippen LogP contribution < -0.4 is 0 Å². The second-order valence-corrected chi connectivity index (χ2v) is 6.56. The fourth-order valence-corrected chi connectivity index (χ4v) is 3.07. The van der Waals surface area contributed by atoms with E-state index in [0.717, 1.165) is 16.8 Å². The summed E-state index contributed by atoms with van der Waals surface area (Å²) < 4.78 is 7.03. The summed E-state index contributed by atoms with van der Waals surface area (Å²) in [6.45, 7) is 7.00. The van der Waals surface area contributed by atoms with Crippen molar-refractivity contribution >= 4 is 23.6 Å². The van der Waals surface area contributed by atoms with E-state index in [1.165, 1.54) is 5.56 Å². The standard InChI is InChI=1S/C19H22ClN3O2/c1-14-3-5-16(6-4-14)13-23-19(20)17(15(2)21-23)7-8-18(24)22-9-11-25-12-10-22/h3-8H,9-13H2,1-2H3/b8-7+. The molecule has 3 rings (SSSR count). The van der Waals surface area contributed by atoms with E-state index in [1.807, 2.05) is 6.92 Å². The molecule has 1 aliphatic rings. The van der Waals surface area contributed by atoms with Gasteiger partial charge in [-0.3, -0.25) is 4.79 Å². The van der Waals surface area contributed by atoms with Crippen molar-refractivity contribution in [3.63, 3.8) is 0 Å². The molecule has 1 aromatic carbocycles. The number of carbonyl (C=O) groups is 1. The van der Waals surface area contributed by atoms with Crippen molar-refractivity contribution < 1.29 is 9.53 Å². The molecule has 0 aliphatic carbocycles. The molecule has 0 radical (unpaired) electrons. The molecular formula is C19H22ClN3O2. The molecule has 1 aromatic heterocycles. The van der Waals surface area contributed by atoms with Gasteiger partial charge < -0.3 is 9.64 Å². The van der Waals surface area contributed by atoms with Crippen LogP contribution in [0.25, 0.3) is 6.08 Å². The molecule has 0 unspecified atom stereocenters. The van der Waals surface area contributed by atoms with Gasteiger partial charge in [0.05, 0.1) is 25.5 Å². The zero-order valence-electron chi connectivity index (χ0n) is 14.5. The molecule has 0 spiro atoms. The molecule has 0 N–H and O–H groups in total. The molecule has 2 aromatic rings. The maximum absolute atomic E-state index is 12.2. The van der Waals surface area contributed by atoms with E-state index >= 15 is 0 Å². The second-order valence-electron chi connectivity index (χ2n) is 6.20. The van der Waals surface area contributed by atoms with Crippen molar-refractivity contribution in [2.45, 2.75) is 20.4 Å². The zero-order valence-corrected chi connectivity index (χ0v) is 15.3. The number of aryl methyl sites for hydroxylation is 2. The number of amides is 1. The van der Waals surface area contributed by atoms with Crippen molar-refractivity contribution in [2.24, 2.45) is 0 Å². The lowest BCUT2D eigenvalue weighted by Gasteiger charge is -2.25. The molecule has 1 aliphatic heterocycles. The number of aromatic nitrogens is 2. The molecule has 0 bridgehead atoms. The predicted molar refractivity (Wildman–Crippen MR) is 98.7 cm³/mol. The van der Waals surface area contributed by atoms with Crippen LogP contribution in [-0.2, 0) is 16.1 Å². The third kappa shape index (κ3) is 4.30. The maximum atomic E-state index is 12.2. The van der Waals surface area contributed by atoms with Gasteiger partial charge in [0.1, 0.15) is 5.15 Å². The van der Waals surface area contributed by atoms with Crippen LogP contribution in [0.5, 0.6) is 0 Å². The van der Waals surface area contributed by atoms with Gasteiger partial charge in [-0.15, -0.1) is 0 Å². The number of morpholine rings is 1. The molecule has 0 atom stereocenters. The van der Waals surface area contributed by atoms with Crippen molar-refractivity contribution in [3.05, 3.63) is 57.9 Å². The number of hydrogen-bond acceptors (Lipinski definition) is 3. The summed E-state index contributed by atoms with van der Waals surface area (Å²) in [5.74, 6) is -0.0231. The first-order valence-electron chi connectivity index (χ1n) is 8.38. The highest BCUT2D eigenvalue weighted by atomic mass is 35.5. The highest BCUT2D eigenvalue weighted by Gasteiger charge is 2.16. The normalized spacial score (nSPS) is 15.1. The largest absolute Gasteiger partial charge is 0.378 e. The molecule has 1 fully saturated rings. The molecular weight excluding hydrogens is 338 g/mol. The van der Waals surface area contributed by atoms with Gasteiger partial charge in [0.25, 0.3) is 0 Å². The summed E-state index contributed by atoms with van der Waals surface area (Å²) in [7, 11) is 0. The first-order chi connectivity index (χ1) is 12.0. The van der Waals surface area contributed by atoms with Gasteiger partial charge in [-0.1, -0.05) is 41.4 Å². The molecule has 6 heteroatoms. The minimum absolute atomic E-state index is 0.0231. The number of benzene rings is 1. The van der Waals surface area contributed by atoms with Crippen LogP contribution in [0.2, 0.25) is 5.15 Å². The number of rotatable bonds is 4. The lowest BCUT2D eigenvalue weighted by molar-refractivity contribution is -0.129.